The van der Waals surface area contributed by atoms with Crippen molar-refractivity contribution in [1.29, 1.82) is 0 Å². The van der Waals surface area contributed by atoms with Crippen LogP contribution < -0.4 is 5.32 Å². The van der Waals surface area contributed by atoms with Crippen LogP contribution in [0, 0.1) is 0 Å². The highest BCUT2D eigenvalue weighted by molar-refractivity contribution is 6.00. The third-order valence-electron chi connectivity index (χ3n) is 3.74. The van der Waals surface area contributed by atoms with E-state index in [2.05, 4.69) is 15.3 Å². The molecule has 25 heavy (non-hydrogen) atoms. The second-order valence-corrected chi connectivity index (χ2v) is 5.47. The lowest BCUT2D eigenvalue weighted by Gasteiger charge is -2.15. The smallest absolute Gasteiger partial charge is 0.352 e. The third kappa shape index (κ3) is 3.78. The van der Waals surface area contributed by atoms with Crippen LogP contribution in [0.25, 0.3) is 10.9 Å². The number of rotatable bonds is 5. The fourth-order valence-corrected chi connectivity index (χ4v) is 2.60. The minimum Gasteiger partial charge on any atom is -0.352 e. The number of carbonyl (C=O) groups is 1. The van der Waals surface area contributed by atoms with Crippen molar-refractivity contribution >= 4 is 16.8 Å². The first-order valence-corrected chi connectivity index (χ1v) is 7.65. The fraction of sp³-hybridized carbons (Fsp3) is 0.235. The van der Waals surface area contributed by atoms with Crippen LogP contribution in [0.4, 0.5) is 13.2 Å². The molecule has 0 aliphatic rings. The molecular formula is C17H15F3N4O. The Balaban J connectivity index is 1.78. The Morgan fingerprint density at radius 3 is 2.76 bits per heavy atom. The molecule has 0 saturated heterocycles. The molecule has 0 saturated carbocycles. The zero-order valence-electron chi connectivity index (χ0n) is 13.1. The van der Waals surface area contributed by atoms with Crippen molar-refractivity contribution in [3.63, 3.8) is 0 Å². The molecule has 130 valence electrons. The Morgan fingerprint density at radius 1 is 1.24 bits per heavy atom. The maximum absolute atomic E-state index is 13.5. The van der Waals surface area contributed by atoms with Gasteiger partial charge in [0, 0.05) is 37.1 Å². The molecule has 8 heteroatoms. The van der Waals surface area contributed by atoms with E-state index in [1.807, 2.05) is 4.57 Å². The molecule has 2 heterocycles. The van der Waals surface area contributed by atoms with Crippen LogP contribution in [0.2, 0.25) is 0 Å². The molecule has 0 bridgehead atoms. The zero-order valence-corrected chi connectivity index (χ0v) is 13.1. The molecule has 1 amide bonds. The number of benzene rings is 1. The number of hydrogen-bond donors (Lipinski definition) is 1. The molecule has 3 rings (SSSR count). The number of fused-ring (bicyclic) bond motifs is 1. The Morgan fingerprint density at radius 2 is 2.04 bits per heavy atom. The minimum atomic E-state index is -4.65. The lowest BCUT2D eigenvalue weighted by molar-refractivity contribution is -0.136. The van der Waals surface area contributed by atoms with E-state index in [-0.39, 0.29) is 17.4 Å². The molecule has 0 spiro atoms. The van der Waals surface area contributed by atoms with Gasteiger partial charge in [0.15, 0.2) is 0 Å². The van der Waals surface area contributed by atoms with Crippen molar-refractivity contribution in [3.05, 3.63) is 60.3 Å². The van der Waals surface area contributed by atoms with E-state index in [1.54, 1.807) is 24.8 Å². The van der Waals surface area contributed by atoms with Crippen LogP contribution >= 0.6 is 0 Å². The van der Waals surface area contributed by atoms with E-state index in [9.17, 15) is 18.0 Å². The van der Waals surface area contributed by atoms with Gasteiger partial charge in [-0.1, -0.05) is 18.2 Å². The summed E-state index contributed by atoms with van der Waals surface area (Å²) in [5.74, 6) is -0.781. The number of imidazole rings is 1. The lowest BCUT2D eigenvalue weighted by atomic mass is 10.0. The first-order valence-electron chi connectivity index (χ1n) is 7.65. The molecule has 0 unspecified atom stereocenters. The van der Waals surface area contributed by atoms with E-state index in [0.29, 0.717) is 13.0 Å². The van der Waals surface area contributed by atoms with Gasteiger partial charge in [0.1, 0.15) is 0 Å². The van der Waals surface area contributed by atoms with E-state index >= 15 is 0 Å². The van der Waals surface area contributed by atoms with Gasteiger partial charge in [-0.15, -0.1) is 0 Å². The second-order valence-electron chi connectivity index (χ2n) is 5.47. The van der Waals surface area contributed by atoms with Gasteiger partial charge < -0.3 is 9.88 Å². The number of nitrogens with zero attached hydrogens (tertiary/aromatic N) is 3. The number of aryl methyl sites for hydroxylation is 1. The Hall–Kier alpha value is -2.90. The summed E-state index contributed by atoms with van der Waals surface area (Å²) in [5, 5.41) is 2.44. The SMILES string of the molecule is O=C(NCCCn1ccnc1)c1cnc2ccccc2c1C(F)(F)F. The van der Waals surface area contributed by atoms with E-state index in [4.69, 9.17) is 0 Å². The summed E-state index contributed by atoms with van der Waals surface area (Å²) in [7, 11) is 0. The number of alkyl halides is 3. The van der Waals surface area contributed by atoms with Crippen LogP contribution in [0.1, 0.15) is 22.3 Å². The number of carbonyl (C=O) groups excluding carboxylic acids is 1. The minimum absolute atomic E-state index is 0.0823. The fourth-order valence-electron chi connectivity index (χ4n) is 2.60. The van der Waals surface area contributed by atoms with E-state index in [0.717, 1.165) is 6.20 Å². The van der Waals surface area contributed by atoms with E-state index < -0.39 is 23.2 Å². The van der Waals surface area contributed by atoms with Gasteiger partial charge in [-0.25, -0.2) is 4.98 Å². The number of para-hydroxylation sites is 1. The Kier molecular flexibility index (Phi) is 4.69. The zero-order chi connectivity index (χ0) is 17.9. The number of pyridine rings is 1. The highest BCUT2D eigenvalue weighted by atomic mass is 19.4. The van der Waals surface area contributed by atoms with Crippen LogP contribution in [0.5, 0.6) is 0 Å². The van der Waals surface area contributed by atoms with Crippen molar-refractivity contribution in [2.75, 3.05) is 6.54 Å². The summed E-state index contributed by atoms with van der Waals surface area (Å²) in [6, 6.07) is 5.90. The summed E-state index contributed by atoms with van der Waals surface area (Å²) in [6.07, 6.45) is 1.95. The van der Waals surface area contributed by atoms with Gasteiger partial charge in [0.25, 0.3) is 5.91 Å². The topological polar surface area (TPSA) is 59.8 Å². The van der Waals surface area contributed by atoms with Gasteiger partial charge in [-0.3, -0.25) is 9.78 Å². The summed E-state index contributed by atoms with van der Waals surface area (Å²) < 4.78 is 42.3. The average Bonchev–Trinajstić information content (AvgIpc) is 3.10. The van der Waals surface area contributed by atoms with Crippen molar-refractivity contribution in [1.82, 2.24) is 19.9 Å². The first kappa shape index (κ1) is 16.9. The molecule has 0 fully saturated rings. The van der Waals surface area contributed by atoms with Gasteiger partial charge in [0.05, 0.1) is 23.0 Å². The summed E-state index contributed by atoms with van der Waals surface area (Å²) in [5.41, 5.74) is -1.22. The van der Waals surface area contributed by atoms with Crippen LogP contribution in [0.3, 0.4) is 0 Å². The molecule has 0 radical (unpaired) electrons. The van der Waals surface area contributed by atoms with Crippen molar-refractivity contribution in [2.24, 2.45) is 0 Å². The molecular weight excluding hydrogens is 333 g/mol. The number of halogens is 3. The molecule has 2 aromatic heterocycles. The monoisotopic (exact) mass is 348 g/mol. The molecule has 5 nitrogen and oxygen atoms in total. The predicted molar refractivity (Wildman–Crippen MR) is 85.9 cm³/mol. The largest absolute Gasteiger partial charge is 0.417 e. The van der Waals surface area contributed by atoms with Gasteiger partial charge in [0.2, 0.25) is 0 Å². The predicted octanol–water partition coefficient (Wildman–Crippen LogP) is 3.27. The number of hydrogen-bond acceptors (Lipinski definition) is 3. The Labute approximate surface area is 141 Å². The summed E-state index contributed by atoms with van der Waals surface area (Å²) in [4.78, 5) is 20.1. The molecule has 0 aliphatic heterocycles. The highest BCUT2D eigenvalue weighted by Gasteiger charge is 2.37. The lowest BCUT2D eigenvalue weighted by Crippen LogP contribution is -2.28. The van der Waals surface area contributed by atoms with Gasteiger partial charge in [-0.2, -0.15) is 13.2 Å². The summed E-state index contributed by atoms with van der Waals surface area (Å²) >= 11 is 0. The number of aromatic nitrogens is 3. The number of amides is 1. The van der Waals surface area contributed by atoms with Crippen molar-refractivity contribution in [3.8, 4) is 0 Å². The maximum Gasteiger partial charge on any atom is 0.417 e. The Bertz CT molecular complexity index is 875. The van der Waals surface area contributed by atoms with Crippen molar-refractivity contribution < 1.29 is 18.0 Å². The molecule has 0 atom stereocenters. The van der Waals surface area contributed by atoms with Crippen LogP contribution in [-0.4, -0.2) is 27.0 Å². The first-order chi connectivity index (χ1) is 12.0. The quantitative estimate of drug-likeness (QED) is 0.720. The molecule has 1 aromatic carbocycles. The molecule has 0 aliphatic carbocycles. The number of nitrogens with one attached hydrogen (secondary N) is 1. The molecule has 1 N–H and O–H groups in total. The summed E-state index contributed by atoms with van der Waals surface area (Å²) in [6.45, 7) is 0.865. The normalized spacial score (nSPS) is 11.6. The highest BCUT2D eigenvalue weighted by Crippen LogP contribution is 2.36. The van der Waals surface area contributed by atoms with Crippen LogP contribution in [0.15, 0.2) is 49.2 Å². The van der Waals surface area contributed by atoms with Gasteiger partial charge in [-0.05, 0) is 12.5 Å². The van der Waals surface area contributed by atoms with E-state index in [1.165, 1.54) is 18.2 Å². The third-order valence-corrected chi connectivity index (χ3v) is 3.74. The maximum atomic E-state index is 13.5. The standard InChI is InChI=1S/C17H15F3N4O/c18-17(19,20)15-12-4-1-2-5-14(12)23-10-13(15)16(25)22-6-3-8-24-9-7-21-11-24/h1-2,4-5,7,9-11H,3,6,8H2,(H,22,25). The van der Waals surface area contributed by atoms with Crippen molar-refractivity contribution in [2.45, 2.75) is 19.1 Å². The molecule has 3 aromatic rings. The average molecular weight is 348 g/mol. The van der Waals surface area contributed by atoms with Gasteiger partial charge >= 0.3 is 6.18 Å². The second kappa shape index (κ2) is 6.92. The van der Waals surface area contributed by atoms with Crippen LogP contribution in [-0.2, 0) is 12.7 Å².